The second-order valence-electron chi connectivity index (χ2n) is 7.15. The van der Waals surface area contributed by atoms with E-state index in [0.29, 0.717) is 42.4 Å². The molecule has 1 aliphatic rings. The van der Waals surface area contributed by atoms with Crippen LogP contribution in [0.1, 0.15) is 27.9 Å². The number of piperazine rings is 1. The number of hydrogen-bond donors (Lipinski definition) is 0. The number of ether oxygens (including phenoxy) is 2. The van der Waals surface area contributed by atoms with Gasteiger partial charge in [0.2, 0.25) is 0 Å². The van der Waals surface area contributed by atoms with Gasteiger partial charge in [0.25, 0.3) is 5.91 Å². The molecule has 1 saturated heterocycles. The van der Waals surface area contributed by atoms with Crippen LogP contribution in [0.25, 0.3) is 10.6 Å². The Morgan fingerprint density at radius 2 is 1.64 bits per heavy atom. The Morgan fingerprint density at radius 3 is 2.21 bits per heavy atom. The number of rotatable bonds is 5. The number of amides is 2. The van der Waals surface area contributed by atoms with E-state index in [1.54, 1.807) is 13.8 Å². The maximum atomic E-state index is 12.7. The SMILES string of the molecule is CCOC(=O)N1CCN(C(=O)COC(=O)c2sc(-c3ccc(C(F)(F)F)cc3)nc2C)CC1. The summed E-state index contributed by atoms with van der Waals surface area (Å²) in [5.74, 6) is -1.13. The minimum absolute atomic E-state index is 0.171. The number of nitrogens with zero attached hydrogens (tertiary/aromatic N) is 3. The normalized spacial score (nSPS) is 14.2. The van der Waals surface area contributed by atoms with Crippen molar-refractivity contribution < 1.29 is 37.0 Å². The Bertz CT molecular complexity index is 1020. The lowest BCUT2D eigenvalue weighted by Crippen LogP contribution is -2.51. The topological polar surface area (TPSA) is 89.0 Å². The van der Waals surface area contributed by atoms with Crippen LogP contribution in [0.15, 0.2) is 24.3 Å². The van der Waals surface area contributed by atoms with E-state index in [-0.39, 0.29) is 11.5 Å². The van der Waals surface area contributed by atoms with E-state index in [2.05, 4.69) is 4.98 Å². The molecule has 0 unspecified atom stereocenters. The van der Waals surface area contributed by atoms with E-state index in [4.69, 9.17) is 9.47 Å². The van der Waals surface area contributed by atoms with Crippen LogP contribution in [0.3, 0.4) is 0 Å². The molecular weight excluding hydrogens is 463 g/mol. The van der Waals surface area contributed by atoms with Crippen molar-refractivity contribution in [3.05, 3.63) is 40.4 Å². The Kier molecular flexibility index (Phi) is 7.57. The molecular formula is C21H22F3N3O5S. The summed E-state index contributed by atoms with van der Waals surface area (Å²) in [5.41, 5.74) is 0.0156. The van der Waals surface area contributed by atoms with Crippen molar-refractivity contribution in [2.45, 2.75) is 20.0 Å². The lowest BCUT2D eigenvalue weighted by molar-refractivity contribution is -0.137. The predicted molar refractivity (Wildman–Crippen MR) is 113 cm³/mol. The molecule has 12 heteroatoms. The van der Waals surface area contributed by atoms with Gasteiger partial charge in [0.05, 0.1) is 17.9 Å². The number of aromatic nitrogens is 1. The van der Waals surface area contributed by atoms with Crippen LogP contribution >= 0.6 is 11.3 Å². The highest BCUT2D eigenvalue weighted by Crippen LogP contribution is 2.33. The molecule has 0 saturated carbocycles. The summed E-state index contributed by atoms with van der Waals surface area (Å²) < 4.78 is 48.3. The maximum absolute atomic E-state index is 12.7. The minimum atomic E-state index is -4.44. The quantitative estimate of drug-likeness (QED) is 0.602. The fraction of sp³-hybridized carbons (Fsp3) is 0.429. The summed E-state index contributed by atoms with van der Waals surface area (Å²) in [6.45, 7) is 4.34. The lowest BCUT2D eigenvalue weighted by atomic mass is 10.1. The summed E-state index contributed by atoms with van der Waals surface area (Å²) in [4.78, 5) is 44.0. The first-order valence-electron chi connectivity index (χ1n) is 10.1. The summed E-state index contributed by atoms with van der Waals surface area (Å²) in [6.07, 6.45) is -4.87. The molecule has 0 aliphatic carbocycles. The molecule has 1 aliphatic heterocycles. The molecule has 2 aromatic rings. The summed E-state index contributed by atoms with van der Waals surface area (Å²) in [6, 6.07) is 4.47. The number of carbonyl (C=O) groups is 3. The lowest BCUT2D eigenvalue weighted by Gasteiger charge is -2.33. The molecule has 0 bridgehead atoms. The molecule has 3 rings (SSSR count). The molecule has 0 spiro atoms. The van der Waals surface area contributed by atoms with Gasteiger partial charge in [-0.2, -0.15) is 13.2 Å². The van der Waals surface area contributed by atoms with Gasteiger partial charge in [0.15, 0.2) is 6.61 Å². The highest BCUT2D eigenvalue weighted by atomic mass is 32.1. The number of thiazole rings is 1. The summed E-state index contributed by atoms with van der Waals surface area (Å²) in [7, 11) is 0. The highest BCUT2D eigenvalue weighted by molar-refractivity contribution is 7.17. The number of benzene rings is 1. The molecule has 2 amide bonds. The molecule has 178 valence electrons. The molecule has 1 fully saturated rings. The average Bonchev–Trinajstić information content (AvgIpc) is 3.18. The second kappa shape index (κ2) is 10.2. The molecule has 8 nitrogen and oxygen atoms in total. The number of aryl methyl sites for hydroxylation is 1. The number of alkyl halides is 3. The largest absolute Gasteiger partial charge is 0.451 e. The van der Waals surface area contributed by atoms with Crippen molar-refractivity contribution >= 4 is 29.3 Å². The van der Waals surface area contributed by atoms with Crippen molar-refractivity contribution in [2.24, 2.45) is 0 Å². The minimum Gasteiger partial charge on any atom is -0.451 e. The zero-order valence-corrected chi connectivity index (χ0v) is 18.8. The first-order chi connectivity index (χ1) is 15.6. The molecule has 0 N–H and O–H groups in total. The van der Waals surface area contributed by atoms with Crippen LogP contribution in [0.4, 0.5) is 18.0 Å². The van der Waals surface area contributed by atoms with Crippen LogP contribution in [0.5, 0.6) is 0 Å². The standard InChI is InChI=1S/C21H22F3N3O5S/c1-3-31-20(30)27-10-8-26(9-11-27)16(28)12-32-19(29)17-13(2)25-18(33-17)14-4-6-15(7-5-14)21(22,23)24/h4-7H,3,8-12H2,1-2H3. The molecule has 0 radical (unpaired) electrons. The van der Waals surface area contributed by atoms with E-state index < -0.39 is 36.3 Å². The number of carbonyl (C=O) groups excluding carboxylic acids is 3. The summed E-state index contributed by atoms with van der Waals surface area (Å²) >= 11 is 0.980. The number of hydrogen-bond acceptors (Lipinski definition) is 7. The van der Waals surface area contributed by atoms with Crippen LogP contribution in [-0.4, -0.2) is 72.1 Å². The summed E-state index contributed by atoms with van der Waals surface area (Å²) in [5, 5.41) is 0.370. The first kappa shape index (κ1) is 24.5. The zero-order valence-electron chi connectivity index (χ0n) is 18.0. The first-order valence-corrected chi connectivity index (χ1v) is 10.9. The Hall–Kier alpha value is -3.15. The molecule has 0 atom stereocenters. The third-order valence-electron chi connectivity index (χ3n) is 4.93. The maximum Gasteiger partial charge on any atom is 0.416 e. The van der Waals surface area contributed by atoms with E-state index in [1.807, 2.05) is 0 Å². The fourth-order valence-corrected chi connectivity index (χ4v) is 4.11. The Balaban J connectivity index is 1.55. The third kappa shape index (κ3) is 6.01. The van der Waals surface area contributed by atoms with Gasteiger partial charge < -0.3 is 19.3 Å². The molecule has 1 aromatic carbocycles. The molecule has 1 aromatic heterocycles. The fourth-order valence-electron chi connectivity index (χ4n) is 3.15. The molecule has 2 heterocycles. The molecule has 33 heavy (non-hydrogen) atoms. The second-order valence-corrected chi connectivity index (χ2v) is 8.15. The van der Waals surface area contributed by atoms with Crippen LogP contribution in [0.2, 0.25) is 0 Å². The Labute approximate surface area is 191 Å². The highest BCUT2D eigenvalue weighted by Gasteiger charge is 2.30. The smallest absolute Gasteiger partial charge is 0.416 e. The third-order valence-corrected chi connectivity index (χ3v) is 6.11. The van der Waals surface area contributed by atoms with Gasteiger partial charge >= 0.3 is 18.2 Å². The van der Waals surface area contributed by atoms with E-state index in [0.717, 1.165) is 23.5 Å². The van der Waals surface area contributed by atoms with Crippen molar-refractivity contribution in [2.75, 3.05) is 39.4 Å². The van der Waals surface area contributed by atoms with E-state index >= 15 is 0 Å². The van der Waals surface area contributed by atoms with Gasteiger partial charge in [0.1, 0.15) is 9.88 Å². The predicted octanol–water partition coefficient (Wildman–Crippen LogP) is 3.59. The van der Waals surface area contributed by atoms with Crippen molar-refractivity contribution in [1.82, 2.24) is 14.8 Å². The van der Waals surface area contributed by atoms with Gasteiger partial charge in [-0.05, 0) is 26.0 Å². The zero-order chi connectivity index (χ0) is 24.2. The number of halogens is 3. The van der Waals surface area contributed by atoms with Gasteiger partial charge in [-0.3, -0.25) is 4.79 Å². The number of esters is 1. The average molecular weight is 485 g/mol. The van der Waals surface area contributed by atoms with Gasteiger partial charge in [-0.25, -0.2) is 14.6 Å². The van der Waals surface area contributed by atoms with E-state index in [9.17, 15) is 27.6 Å². The van der Waals surface area contributed by atoms with Crippen LogP contribution in [0, 0.1) is 6.92 Å². The van der Waals surface area contributed by atoms with Gasteiger partial charge in [0, 0.05) is 31.7 Å². The monoisotopic (exact) mass is 485 g/mol. The Morgan fingerprint density at radius 1 is 1.03 bits per heavy atom. The van der Waals surface area contributed by atoms with Crippen molar-refractivity contribution in [1.29, 1.82) is 0 Å². The van der Waals surface area contributed by atoms with Crippen LogP contribution < -0.4 is 0 Å². The van der Waals surface area contributed by atoms with Crippen LogP contribution in [-0.2, 0) is 20.4 Å². The van der Waals surface area contributed by atoms with Crippen molar-refractivity contribution in [3.63, 3.8) is 0 Å². The van der Waals surface area contributed by atoms with Gasteiger partial charge in [-0.15, -0.1) is 11.3 Å². The van der Waals surface area contributed by atoms with E-state index in [1.165, 1.54) is 21.9 Å². The van der Waals surface area contributed by atoms with Crippen molar-refractivity contribution in [3.8, 4) is 10.6 Å². The van der Waals surface area contributed by atoms with Gasteiger partial charge in [-0.1, -0.05) is 12.1 Å².